The maximum atomic E-state index is 12.5. The number of thiazole rings is 1. The van der Waals surface area contributed by atoms with Crippen LogP contribution in [0, 0.1) is 0 Å². The molecule has 7 nitrogen and oxygen atoms in total. The van der Waals surface area contributed by atoms with Crippen molar-refractivity contribution in [3.8, 4) is 5.75 Å². The summed E-state index contributed by atoms with van der Waals surface area (Å²) in [4.78, 5) is 29.1. The summed E-state index contributed by atoms with van der Waals surface area (Å²) in [7, 11) is 1.59. The van der Waals surface area contributed by atoms with E-state index >= 15 is 0 Å². The second kappa shape index (κ2) is 13.2. The molecular weight excluding hydrogens is 484 g/mol. The fourth-order valence-electron chi connectivity index (χ4n) is 4.00. The molecule has 0 spiro atoms. The van der Waals surface area contributed by atoms with Gasteiger partial charge in [-0.2, -0.15) is 0 Å². The van der Waals surface area contributed by atoms with E-state index < -0.39 is 0 Å². The number of anilines is 2. The number of ether oxygens (including phenoxy) is 1. The van der Waals surface area contributed by atoms with Crippen molar-refractivity contribution in [2.45, 2.75) is 25.2 Å². The van der Waals surface area contributed by atoms with Crippen LogP contribution in [0.2, 0.25) is 0 Å². The summed E-state index contributed by atoms with van der Waals surface area (Å²) in [6, 6.07) is 27.4. The molecule has 0 fully saturated rings. The molecule has 0 aliphatic heterocycles. The summed E-state index contributed by atoms with van der Waals surface area (Å²) in [6.07, 6.45) is 1.65. The third-order valence-electron chi connectivity index (χ3n) is 5.89. The highest BCUT2D eigenvalue weighted by Gasteiger charge is 2.14. The van der Waals surface area contributed by atoms with Gasteiger partial charge in [-0.05, 0) is 48.2 Å². The van der Waals surface area contributed by atoms with Gasteiger partial charge in [0.25, 0.3) is 0 Å². The van der Waals surface area contributed by atoms with Crippen LogP contribution in [0.15, 0.2) is 90.3 Å². The molecule has 0 unspecified atom stereocenters. The smallest absolute Gasteiger partial charge is 0.325 e. The quantitative estimate of drug-likeness (QED) is 0.227. The first kappa shape index (κ1) is 25.9. The van der Waals surface area contributed by atoms with E-state index in [1.807, 2.05) is 41.8 Å². The summed E-state index contributed by atoms with van der Waals surface area (Å²) in [5.74, 6) is 0.922. The van der Waals surface area contributed by atoms with Crippen molar-refractivity contribution in [3.05, 3.63) is 107 Å². The standard InChI is InChI=1S/C29H30N4O3S/c1-36-25-15-12-23(13-16-25)31-28(35)33-29-32-24(20-37-29)14-17-27(34)30-19-18-26(21-8-4-2-5-9-21)22-10-6-3-7-11-22/h2-13,15-16,20,26H,14,17-19H2,1H3,(H,30,34)(H2,31,32,33,35). The third-order valence-corrected chi connectivity index (χ3v) is 6.69. The predicted molar refractivity (Wildman–Crippen MR) is 148 cm³/mol. The second-order valence-electron chi connectivity index (χ2n) is 8.46. The van der Waals surface area contributed by atoms with E-state index in [1.54, 1.807) is 31.4 Å². The van der Waals surface area contributed by atoms with Gasteiger partial charge < -0.3 is 15.4 Å². The minimum atomic E-state index is -0.379. The fraction of sp³-hybridized carbons (Fsp3) is 0.207. The molecule has 1 aromatic heterocycles. The van der Waals surface area contributed by atoms with Crippen LogP contribution in [0.4, 0.5) is 15.6 Å². The van der Waals surface area contributed by atoms with Gasteiger partial charge in [0.15, 0.2) is 5.13 Å². The van der Waals surface area contributed by atoms with Crippen LogP contribution in [0.5, 0.6) is 5.75 Å². The highest BCUT2D eigenvalue weighted by molar-refractivity contribution is 7.13. The number of urea groups is 1. The molecule has 3 aromatic carbocycles. The highest BCUT2D eigenvalue weighted by atomic mass is 32.1. The minimum Gasteiger partial charge on any atom is -0.497 e. The zero-order valence-electron chi connectivity index (χ0n) is 20.6. The molecular formula is C29H30N4O3S. The van der Waals surface area contributed by atoms with Crippen LogP contribution in [0.25, 0.3) is 0 Å². The number of rotatable bonds is 11. The fourth-order valence-corrected chi connectivity index (χ4v) is 4.74. The molecule has 3 amide bonds. The number of benzene rings is 3. The van der Waals surface area contributed by atoms with Gasteiger partial charge in [0.2, 0.25) is 5.91 Å². The van der Waals surface area contributed by atoms with Crippen LogP contribution < -0.4 is 20.7 Å². The number of aryl methyl sites for hydroxylation is 1. The van der Waals surface area contributed by atoms with E-state index in [4.69, 9.17) is 4.74 Å². The van der Waals surface area contributed by atoms with Crippen LogP contribution >= 0.6 is 11.3 Å². The van der Waals surface area contributed by atoms with Crippen molar-refractivity contribution in [2.75, 3.05) is 24.3 Å². The lowest BCUT2D eigenvalue weighted by Crippen LogP contribution is -2.26. The summed E-state index contributed by atoms with van der Waals surface area (Å²) in [6.45, 7) is 0.586. The lowest BCUT2D eigenvalue weighted by atomic mass is 9.88. The van der Waals surface area contributed by atoms with Crippen LogP contribution in [0.3, 0.4) is 0 Å². The van der Waals surface area contributed by atoms with Gasteiger partial charge in [-0.1, -0.05) is 60.7 Å². The average Bonchev–Trinajstić information content (AvgIpc) is 3.38. The van der Waals surface area contributed by atoms with Gasteiger partial charge >= 0.3 is 6.03 Å². The molecule has 3 N–H and O–H groups in total. The SMILES string of the molecule is COc1ccc(NC(=O)Nc2nc(CCC(=O)NCCC(c3ccccc3)c3ccccc3)cs2)cc1. The number of hydrogen-bond acceptors (Lipinski definition) is 5. The van der Waals surface area contributed by atoms with Crippen molar-refractivity contribution >= 4 is 34.1 Å². The molecule has 0 bridgehead atoms. The summed E-state index contributed by atoms with van der Waals surface area (Å²) in [5.41, 5.74) is 3.89. The van der Waals surface area contributed by atoms with Crippen molar-refractivity contribution in [3.63, 3.8) is 0 Å². The molecule has 0 aliphatic rings. The average molecular weight is 515 g/mol. The predicted octanol–water partition coefficient (Wildman–Crippen LogP) is 6.07. The van der Waals surface area contributed by atoms with E-state index in [0.29, 0.717) is 36.0 Å². The second-order valence-corrected chi connectivity index (χ2v) is 9.32. The molecule has 8 heteroatoms. The van der Waals surface area contributed by atoms with Crippen LogP contribution in [-0.4, -0.2) is 30.6 Å². The van der Waals surface area contributed by atoms with E-state index in [1.165, 1.54) is 22.5 Å². The van der Waals surface area contributed by atoms with Crippen molar-refractivity contribution in [1.82, 2.24) is 10.3 Å². The van der Waals surface area contributed by atoms with Gasteiger partial charge in [0, 0.05) is 30.0 Å². The Kier molecular flexibility index (Phi) is 9.26. The Morgan fingerprint density at radius 1 is 0.892 bits per heavy atom. The van der Waals surface area contributed by atoms with Crippen LogP contribution in [-0.2, 0) is 11.2 Å². The summed E-state index contributed by atoms with van der Waals surface area (Å²) >= 11 is 1.33. The normalized spacial score (nSPS) is 10.6. The van der Waals surface area contributed by atoms with Gasteiger partial charge in [-0.15, -0.1) is 11.3 Å². The van der Waals surface area contributed by atoms with E-state index in [9.17, 15) is 9.59 Å². The first-order valence-corrected chi connectivity index (χ1v) is 13.0. The van der Waals surface area contributed by atoms with Gasteiger partial charge in [0.05, 0.1) is 12.8 Å². The number of aromatic nitrogens is 1. The molecule has 0 radical (unpaired) electrons. The summed E-state index contributed by atoms with van der Waals surface area (Å²) in [5, 5.41) is 10.9. The van der Waals surface area contributed by atoms with Gasteiger partial charge in [-0.3, -0.25) is 10.1 Å². The Morgan fingerprint density at radius 2 is 1.54 bits per heavy atom. The number of nitrogens with zero attached hydrogens (tertiary/aromatic N) is 1. The Bertz CT molecular complexity index is 1240. The number of carbonyl (C=O) groups excluding carboxylic acids is 2. The zero-order valence-corrected chi connectivity index (χ0v) is 21.5. The van der Waals surface area contributed by atoms with E-state index in [2.05, 4.69) is 45.2 Å². The lowest BCUT2D eigenvalue weighted by molar-refractivity contribution is -0.121. The Hall–Kier alpha value is -4.17. The molecule has 1 heterocycles. The number of amides is 3. The molecule has 0 atom stereocenters. The lowest BCUT2D eigenvalue weighted by Gasteiger charge is -2.18. The Balaban J connectivity index is 1.21. The molecule has 4 rings (SSSR count). The number of carbonyl (C=O) groups is 2. The largest absolute Gasteiger partial charge is 0.497 e. The van der Waals surface area contributed by atoms with Crippen molar-refractivity contribution in [2.24, 2.45) is 0 Å². The number of hydrogen-bond donors (Lipinski definition) is 3. The van der Waals surface area contributed by atoms with Crippen molar-refractivity contribution < 1.29 is 14.3 Å². The topological polar surface area (TPSA) is 92.3 Å². The molecule has 0 saturated heterocycles. The van der Waals surface area contributed by atoms with E-state index in [-0.39, 0.29) is 17.9 Å². The third kappa shape index (κ3) is 7.91. The Labute approximate surface area is 220 Å². The van der Waals surface area contributed by atoms with Gasteiger partial charge in [0.1, 0.15) is 5.75 Å². The first-order valence-electron chi connectivity index (χ1n) is 12.1. The maximum Gasteiger partial charge on any atom is 0.325 e. The zero-order chi connectivity index (χ0) is 25.9. The molecule has 37 heavy (non-hydrogen) atoms. The first-order chi connectivity index (χ1) is 18.1. The minimum absolute atomic E-state index is 0.0142. The van der Waals surface area contributed by atoms with Crippen molar-refractivity contribution in [1.29, 1.82) is 0 Å². The number of methoxy groups -OCH3 is 1. The molecule has 0 aliphatic carbocycles. The summed E-state index contributed by atoms with van der Waals surface area (Å²) < 4.78 is 5.12. The molecule has 0 saturated carbocycles. The Morgan fingerprint density at radius 3 is 2.16 bits per heavy atom. The van der Waals surface area contributed by atoms with E-state index in [0.717, 1.165) is 12.1 Å². The monoisotopic (exact) mass is 514 g/mol. The maximum absolute atomic E-state index is 12.5. The number of nitrogens with one attached hydrogen (secondary N) is 3. The highest BCUT2D eigenvalue weighted by Crippen LogP contribution is 2.27. The van der Waals surface area contributed by atoms with Crippen LogP contribution in [0.1, 0.15) is 35.6 Å². The van der Waals surface area contributed by atoms with Gasteiger partial charge in [-0.25, -0.2) is 9.78 Å². The molecule has 190 valence electrons. The molecule has 4 aromatic rings.